The van der Waals surface area contributed by atoms with Gasteiger partial charge in [0.05, 0.1) is 79.5 Å². The maximum Gasteiger partial charge on any atom is 0.0963 e. The fourth-order valence-corrected chi connectivity index (χ4v) is 9.74. The monoisotopic (exact) mass is 804 g/mol. The van der Waals surface area contributed by atoms with Crippen molar-refractivity contribution in [3.63, 3.8) is 0 Å². The Morgan fingerprint density at radius 3 is 1.32 bits per heavy atom. The minimum atomic E-state index is 0.938. The van der Waals surface area contributed by atoms with Gasteiger partial charge >= 0.3 is 0 Å². The minimum absolute atomic E-state index is 0.938. The molecule has 0 spiro atoms. The first-order valence-electron chi connectivity index (χ1n) is 21.3. The highest BCUT2D eigenvalue weighted by atomic mass is 15.0. The standard InChI is InChI=1S/C57H36N6/c1-3-14-37(15-4-1)49-33-41(34-50(60-49)38-16-5-2-6-17-38)61-51-21-10-7-18-44(51)47-30-39(25-27-54(47)61)40-26-28-55-48(31-40)45-19-8-11-22-52(45)62(55)42-32-43(36-58-35-42)63-53-23-12-9-20-46(53)57-56(63)24-13-29-59-57/h1-36H. The van der Waals surface area contributed by atoms with Gasteiger partial charge in [-0.3, -0.25) is 9.97 Å². The molecule has 13 rings (SSSR count). The van der Waals surface area contributed by atoms with Gasteiger partial charge in [0.15, 0.2) is 0 Å². The van der Waals surface area contributed by atoms with Gasteiger partial charge in [-0.15, -0.1) is 0 Å². The van der Waals surface area contributed by atoms with Gasteiger partial charge in [0.1, 0.15) is 0 Å². The van der Waals surface area contributed by atoms with Crippen molar-refractivity contribution < 1.29 is 0 Å². The molecule has 13 aromatic rings. The van der Waals surface area contributed by atoms with Crippen LogP contribution < -0.4 is 0 Å². The van der Waals surface area contributed by atoms with Crippen LogP contribution in [0.2, 0.25) is 0 Å². The van der Waals surface area contributed by atoms with E-state index in [0.717, 1.165) is 94.7 Å². The predicted molar refractivity (Wildman–Crippen MR) is 259 cm³/mol. The highest BCUT2D eigenvalue weighted by Crippen LogP contribution is 2.40. The van der Waals surface area contributed by atoms with E-state index in [1.165, 1.54) is 21.5 Å². The highest BCUT2D eigenvalue weighted by Gasteiger charge is 2.19. The van der Waals surface area contributed by atoms with Gasteiger partial charge < -0.3 is 13.7 Å². The van der Waals surface area contributed by atoms with Crippen molar-refractivity contribution in [2.45, 2.75) is 0 Å². The molecule has 6 aromatic heterocycles. The van der Waals surface area contributed by atoms with Crippen molar-refractivity contribution in [3.05, 3.63) is 219 Å². The second-order valence-corrected chi connectivity index (χ2v) is 16.1. The first kappa shape index (κ1) is 35.2. The van der Waals surface area contributed by atoms with Crippen molar-refractivity contribution in [1.29, 1.82) is 0 Å². The summed E-state index contributed by atoms with van der Waals surface area (Å²) in [5.74, 6) is 0. The molecular formula is C57H36N6. The number of fused-ring (bicyclic) bond motifs is 9. The van der Waals surface area contributed by atoms with Gasteiger partial charge in [-0.25, -0.2) is 4.98 Å². The summed E-state index contributed by atoms with van der Waals surface area (Å²) in [4.78, 5) is 14.8. The van der Waals surface area contributed by atoms with Crippen molar-refractivity contribution >= 4 is 65.5 Å². The quantitative estimate of drug-likeness (QED) is 0.168. The largest absolute Gasteiger partial charge is 0.309 e. The van der Waals surface area contributed by atoms with Gasteiger partial charge in [0.25, 0.3) is 0 Å². The Labute approximate surface area is 362 Å². The number of para-hydroxylation sites is 3. The molecule has 0 fully saturated rings. The predicted octanol–water partition coefficient (Wildman–Crippen LogP) is 14.2. The van der Waals surface area contributed by atoms with E-state index in [-0.39, 0.29) is 0 Å². The number of nitrogens with zero attached hydrogens (tertiary/aromatic N) is 6. The van der Waals surface area contributed by atoms with Gasteiger partial charge in [0.2, 0.25) is 0 Å². The lowest BCUT2D eigenvalue weighted by molar-refractivity contribution is 1.09. The Hall–Kier alpha value is -8.61. The Kier molecular flexibility index (Phi) is 7.80. The molecule has 294 valence electrons. The molecule has 0 aliphatic carbocycles. The van der Waals surface area contributed by atoms with Gasteiger partial charge in [-0.05, 0) is 83.9 Å². The molecule has 0 bridgehead atoms. The van der Waals surface area contributed by atoms with E-state index >= 15 is 0 Å². The first-order valence-corrected chi connectivity index (χ1v) is 21.3. The topological polar surface area (TPSA) is 53.5 Å². The van der Waals surface area contributed by atoms with Gasteiger partial charge in [-0.1, -0.05) is 127 Å². The van der Waals surface area contributed by atoms with E-state index in [4.69, 9.17) is 15.0 Å². The van der Waals surface area contributed by atoms with E-state index in [2.05, 4.69) is 196 Å². The van der Waals surface area contributed by atoms with Crippen molar-refractivity contribution in [3.8, 4) is 50.7 Å². The summed E-state index contributed by atoms with van der Waals surface area (Å²) in [6.45, 7) is 0. The molecule has 0 unspecified atom stereocenters. The third-order valence-corrected chi connectivity index (χ3v) is 12.5. The summed E-state index contributed by atoms with van der Waals surface area (Å²) < 4.78 is 7.01. The second-order valence-electron chi connectivity index (χ2n) is 16.1. The number of benzene rings is 7. The normalized spacial score (nSPS) is 11.8. The number of hydrogen-bond donors (Lipinski definition) is 0. The molecule has 0 saturated heterocycles. The van der Waals surface area contributed by atoms with Crippen molar-refractivity contribution in [1.82, 2.24) is 28.7 Å². The molecule has 0 aliphatic rings. The van der Waals surface area contributed by atoms with Crippen LogP contribution in [0, 0.1) is 0 Å². The van der Waals surface area contributed by atoms with E-state index in [1.807, 2.05) is 36.8 Å². The number of pyridine rings is 3. The molecular weight excluding hydrogens is 769 g/mol. The summed E-state index contributed by atoms with van der Waals surface area (Å²) in [6.07, 6.45) is 5.77. The molecule has 0 amide bonds. The summed E-state index contributed by atoms with van der Waals surface area (Å²) in [5.41, 5.74) is 17.1. The lowest BCUT2D eigenvalue weighted by Crippen LogP contribution is -2.00. The molecule has 6 nitrogen and oxygen atoms in total. The molecule has 0 N–H and O–H groups in total. The molecule has 0 aliphatic heterocycles. The second kappa shape index (κ2) is 14.0. The van der Waals surface area contributed by atoms with E-state index < -0.39 is 0 Å². The first-order chi connectivity index (χ1) is 31.2. The van der Waals surface area contributed by atoms with E-state index in [9.17, 15) is 0 Å². The SMILES string of the molecule is c1ccc(-c2cc(-n3c4ccccc4c4cc(-c5ccc6c(c5)c5ccccc5n6-c5cncc(-n6c7ccccc7c7ncccc76)c5)ccc43)cc(-c3ccccc3)n2)cc1. The van der Waals surface area contributed by atoms with Crippen LogP contribution in [0.1, 0.15) is 0 Å². The lowest BCUT2D eigenvalue weighted by Gasteiger charge is -2.13. The third kappa shape index (κ3) is 5.55. The molecule has 0 saturated carbocycles. The maximum absolute atomic E-state index is 5.18. The maximum atomic E-state index is 5.18. The Morgan fingerprint density at radius 2 is 0.746 bits per heavy atom. The van der Waals surface area contributed by atoms with Crippen LogP contribution in [0.5, 0.6) is 0 Å². The zero-order valence-corrected chi connectivity index (χ0v) is 34.0. The number of rotatable bonds is 6. The summed E-state index contributed by atoms with van der Waals surface area (Å²) >= 11 is 0. The molecule has 6 heteroatoms. The Bertz CT molecular complexity index is 3800. The summed E-state index contributed by atoms with van der Waals surface area (Å²) in [7, 11) is 0. The van der Waals surface area contributed by atoms with Crippen LogP contribution in [0.15, 0.2) is 219 Å². The number of hydrogen-bond acceptors (Lipinski definition) is 3. The van der Waals surface area contributed by atoms with Crippen LogP contribution in [-0.2, 0) is 0 Å². The van der Waals surface area contributed by atoms with Crippen LogP contribution in [0.4, 0.5) is 0 Å². The summed E-state index contributed by atoms with van der Waals surface area (Å²) in [5, 5.41) is 5.92. The Balaban J connectivity index is 0.959. The zero-order valence-electron chi connectivity index (χ0n) is 34.0. The van der Waals surface area contributed by atoms with Gasteiger partial charge in [-0.2, -0.15) is 0 Å². The van der Waals surface area contributed by atoms with Crippen LogP contribution in [0.25, 0.3) is 116 Å². The smallest absolute Gasteiger partial charge is 0.0963 e. The molecule has 0 radical (unpaired) electrons. The average molecular weight is 805 g/mol. The average Bonchev–Trinajstić information content (AvgIpc) is 4.00. The third-order valence-electron chi connectivity index (χ3n) is 12.5. The highest BCUT2D eigenvalue weighted by molar-refractivity contribution is 6.13. The molecule has 63 heavy (non-hydrogen) atoms. The van der Waals surface area contributed by atoms with Crippen molar-refractivity contribution in [2.24, 2.45) is 0 Å². The van der Waals surface area contributed by atoms with Crippen LogP contribution in [-0.4, -0.2) is 28.7 Å². The molecule has 0 atom stereocenters. The fraction of sp³-hybridized carbons (Fsp3) is 0. The Morgan fingerprint density at radius 1 is 0.302 bits per heavy atom. The summed E-state index contributed by atoms with van der Waals surface area (Å²) in [6, 6.07) is 71.4. The lowest BCUT2D eigenvalue weighted by atomic mass is 10.0. The van der Waals surface area contributed by atoms with E-state index in [0.29, 0.717) is 0 Å². The minimum Gasteiger partial charge on any atom is -0.309 e. The van der Waals surface area contributed by atoms with Crippen LogP contribution in [0.3, 0.4) is 0 Å². The number of aromatic nitrogens is 6. The molecule has 6 heterocycles. The molecule has 7 aromatic carbocycles. The van der Waals surface area contributed by atoms with Crippen LogP contribution >= 0.6 is 0 Å². The zero-order chi connectivity index (χ0) is 41.4. The van der Waals surface area contributed by atoms with E-state index in [1.54, 1.807) is 0 Å². The van der Waals surface area contributed by atoms with Gasteiger partial charge in [0, 0.05) is 44.3 Å². The fourth-order valence-electron chi connectivity index (χ4n) is 9.74. The van der Waals surface area contributed by atoms with Crippen molar-refractivity contribution in [2.75, 3.05) is 0 Å².